The summed E-state index contributed by atoms with van der Waals surface area (Å²) in [6.45, 7) is 8.36. The third-order valence-corrected chi connectivity index (χ3v) is 4.40. The van der Waals surface area contributed by atoms with E-state index in [1.54, 1.807) is 0 Å². The molecule has 0 aromatic rings. The molecule has 1 N–H and O–H groups in total. The zero-order chi connectivity index (χ0) is 12.3. The quantitative estimate of drug-likeness (QED) is 0.794. The van der Waals surface area contributed by atoms with E-state index in [1.165, 1.54) is 45.3 Å². The summed E-state index contributed by atoms with van der Waals surface area (Å²) in [5, 5.41) is 3.52. The number of methoxy groups -OCH3 is 1. The summed E-state index contributed by atoms with van der Waals surface area (Å²) < 4.78 is 5.40. The summed E-state index contributed by atoms with van der Waals surface area (Å²) in [6, 6.07) is 1.43. The molecule has 2 fully saturated rings. The number of nitrogens with zero attached hydrogens (tertiary/aromatic N) is 1. The molecule has 1 heterocycles. The standard InChI is InChI=1S/C14H28N2O/c1-11(2)16(13-7-14(8-13)17-3)10-12-5-4-6-15-9-12/h11-15H,4-10H2,1-3H3. The van der Waals surface area contributed by atoms with Crippen LogP contribution in [0.25, 0.3) is 0 Å². The maximum atomic E-state index is 5.40. The highest BCUT2D eigenvalue weighted by molar-refractivity contribution is 4.90. The van der Waals surface area contributed by atoms with Crippen LogP contribution < -0.4 is 5.32 Å². The van der Waals surface area contributed by atoms with E-state index < -0.39 is 0 Å². The molecular formula is C14H28N2O. The second kappa shape index (κ2) is 6.17. The Morgan fingerprint density at radius 1 is 1.35 bits per heavy atom. The van der Waals surface area contributed by atoms with Gasteiger partial charge < -0.3 is 10.1 Å². The van der Waals surface area contributed by atoms with Crippen LogP contribution in [-0.4, -0.2) is 49.8 Å². The van der Waals surface area contributed by atoms with Gasteiger partial charge in [0, 0.05) is 25.7 Å². The van der Waals surface area contributed by atoms with Crippen molar-refractivity contribution in [3.05, 3.63) is 0 Å². The molecule has 0 amide bonds. The fraction of sp³-hybridized carbons (Fsp3) is 1.00. The number of nitrogens with one attached hydrogen (secondary N) is 1. The van der Waals surface area contributed by atoms with Gasteiger partial charge in [0.25, 0.3) is 0 Å². The van der Waals surface area contributed by atoms with Gasteiger partial charge in [0.05, 0.1) is 6.10 Å². The number of hydrogen-bond acceptors (Lipinski definition) is 3. The molecule has 3 heteroatoms. The number of hydrogen-bond donors (Lipinski definition) is 1. The smallest absolute Gasteiger partial charge is 0.0601 e. The fourth-order valence-electron chi connectivity index (χ4n) is 3.16. The maximum absolute atomic E-state index is 5.40. The Labute approximate surface area is 106 Å². The second-order valence-electron chi connectivity index (χ2n) is 5.99. The second-order valence-corrected chi connectivity index (χ2v) is 5.99. The van der Waals surface area contributed by atoms with E-state index >= 15 is 0 Å². The monoisotopic (exact) mass is 240 g/mol. The molecule has 0 aromatic carbocycles. The van der Waals surface area contributed by atoms with Gasteiger partial charge in [-0.3, -0.25) is 4.90 Å². The molecule has 17 heavy (non-hydrogen) atoms. The van der Waals surface area contributed by atoms with Crippen LogP contribution in [0.4, 0.5) is 0 Å². The van der Waals surface area contributed by atoms with Crippen LogP contribution in [0, 0.1) is 5.92 Å². The SMILES string of the molecule is COC1CC(N(CC2CCCNC2)C(C)C)C1. The molecule has 1 aliphatic heterocycles. The summed E-state index contributed by atoms with van der Waals surface area (Å²) in [4.78, 5) is 2.70. The molecule has 100 valence electrons. The minimum atomic E-state index is 0.519. The van der Waals surface area contributed by atoms with Gasteiger partial charge in [0.2, 0.25) is 0 Å². The van der Waals surface area contributed by atoms with E-state index in [-0.39, 0.29) is 0 Å². The van der Waals surface area contributed by atoms with Crippen molar-refractivity contribution in [2.45, 2.75) is 57.7 Å². The van der Waals surface area contributed by atoms with E-state index in [2.05, 4.69) is 24.1 Å². The predicted octanol–water partition coefficient (Wildman–Crippen LogP) is 1.87. The highest BCUT2D eigenvalue weighted by Gasteiger charge is 2.35. The van der Waals surface area contributed by atoms with E-state index in [0.29, 0.717) is 12.1 Å². The topological polar surface area (TPSA) is 24.5 Å². The van der Waals surface area contributed by atoms with Gasteiger partial charge in [-0.05, 0) is 58.5 Å². The lowest BCUT2D eigenvalue weighted by Gasteiger charge is -2.46. The van der Waals surface area contributed by atoms with Crippen molar-refractivity contribution in [1.29, 1.82) is 0 Å². The van der Waals surface area contributed by atoms with Crippen LogP contribution in [0.15, 0.2) is 0 Å². The molecule has 1 saturated carbocycles. The van der Waals surface area contributed by atoms with Gasteiger partial charge in [-0.25, -0.2) is 0 Å². The van der Waals surface area contributed by atoms with Crippen LogP contribution in [0.3, 0.4) is 0 Å². The molecule has 3 nitrogen and oxygen atoms in total. The molecule has 2 aliphatic rings. The van der Waals surface area contributed by atoms with Gasteiger partial charge >= 0.3 is 0 Å². The minimum Gasteiger partial charge on any atom is -0.381 e. The minimum absolute atomic E-state index is 0.519. The lowest BCUT2D eigenvalue weighted by atomic mass is 9.85. The number of rotatable bonds is 5. The van der Waals surface area contributed by atoms with Crippen molar-refractivity contribution in [3.63, 3.8) is 0 Å². The number of ether oxygens (including phenoxy) is 1. The van der Waals surface area contributed by atoms with E-state index in [4.69, 9.17) is 4.74 Å². The molecule has 1 unspecified atom stereocenters. The third kappa shape index (κ3) is 3.43. The first-order valence-electron chi connectivity index (χ1n) is 7.20. The van der Waals surface area contributed by atoms with Crippen molar-refractivity contribution in [2.75, 3.05) is 26.7 Å². The van der Waals surface area contributed by atoms with Crippen molar-refractivity contribution in [1.82, 2.24) is 10.2 Å². The largest absolute Gasteiger partial charge is 0.381 e. The lowest BCUT2D eigenvalue weighted by molar-refractivity contribution is -0.0422. The van der Waals surface area contributed by atoms with Gasteiger partial charge in [0.1, 0.15) is 0 Å². The van der Waals surface area contributed by atoms with Crippen LogP contribution in [0.2, 0.25) is 0 Å². The summed E-state index contributed by atoms with van der Waals surface area (Å²) in [5.74, 6) is 0.854. The molecule has 1 aliphatic carbocycles. The highest BCUT2D eigenvalue weighted by Crippen LogP contribution is 2.30. The Morgan fingerprint density at radius 2 is 2.12 bits per heavy atom. The molecule has 1 atom stereocenters. The summed E-state index contributed by atoms with van der Waals surface area (Å²) >= 11 is 0. The van der Waals surface area contributed by atoms with Crippen LogP contribution in [0.1, 0.15) is 39.5 Å². The maximum Gasteiger partial charge on any atom is 0.0601 e. The normalized spacial score (nSPS) is 34.1. The zero-order valence-electron chi connectivity index (χ0n) is 11.6. The molecule has 0 radical (unpaired) electrons. The van der Waals surface area contributed by atoms with Gasteiger partial charge in [0.15, 0.2) is 0 Å². The van der Waals surface area contributed by atoms with Gasteiger partial charge in [-0.2, -0.15) is 0 Å². The van der Waals surface area contributed by atoms with Gasteiger partial charge in [-0.15, -0.1) is 0 Å². The van der Waals surface area contributed by atoms with Gasteiger partial charge in [-0.1, -0.05) is 0 Å². The Hall–Kier alpha value is -0.120. The highest BCUT2D eigenvalue weighted by atomic mass is 16.5. The van der Waals surface area contributed by atoms with Crippen LogP contribution in [-0.2, 0) is 4.74 Å². The van der Waals surface area contributed by atoms with E-state index in [0.717, 1.165) is 12.0 Å². The van der Waals surface area contributed by atoms with E-state index in [9.17, 15) is 0 Å². The molecule has 0 bridgehead atoms. The Bertz CT molecular complexity index is 220. The lowest BCUT2D eigenvalue weighted by Crippen LogP contribution is -2.53. The Kier molecular flexibility index (Phi) is 4.83. The Morgan fingerprint density at radius 3 is 2.65 bits per heavy atom. The van der Waals surface area contributed by atoms with Crippen LogP contribution >= 0.6 is 0 Å². The summed E-state index contributed by atoms with van der Waals surface area (Å²) in [7, 11) is 1.84. The molecular weight excluding hydrogens is 212 g/mol. The third-order valence-electron chi connectivity index (χ3n) is 4.40. The van der Waals surface area contributed by atoms with Crippen molar-refractivity contribution in [2.24, 2.45) is 5.92 Å². The van der Waals surface area contributed by atoms with E-state index in [1.807, 2.05) is 7.11 Å². The number of piperidine rings is 1. The predicted molar refractivity (Wildman–Crippen MR) is 71.3 cm³/mol. The fourth-order valence-corrected chi connectivity index (χ4v) is 3.16. The molecule has 2 rings (SSSR count). The zero-order valence-corrected chi connectivity index (χ0v) is 11.6. The summed E-state index contributed by atoms with van der Waals surface area (Å²) in [5.41, 5.74) is 0. The van der Waals surface area contributed by atoms with Crippen molar-refractivity contribution >= 4 is 0 Å². The average Bonchev–Trinajstić information content (AvgIpc) is 2.27. The first kappa shape index (κ1) is 13.3. The first-order valence-corrected chi connectivity index (χ1v) is 7.20. The van der Waals surface area contributed by atoms with Crippen molar-refractivity contribution < 1.29 is 4.74 Å². The molecule has 1 saturated heterocycles. The van der Waals surface area contributed by atoms with Crippen molar-refractivity contribution in [3.8, 4) is 0 Å². The first-order chi connectivity index (χ1) is 8.20. The molecule has 0 spiro atoms. The summed E-state index contributed by atoms with van der Waals surface area (Å²) in [6.07, 6.45) is 5.73. The molecule has 0 aromatic heterocycles. The average molecular weight is 240 g/mol. The van der Waals surface area contributed by atoms with Crippen LogP contribution in [0.5, 0.6) is 0 Å². The Balaban J connectivity index is 1.80.